The molecule has 0 fully saturated rings. The van der Waals surface area contributed by atoms with Gasteiger partial charge < -0.3 is 14.0 Å². The zero-order valence-electron chi connectivity index (χ0n) is 12.2. The first kappa shape index (κ1) is 15.6. The number of ether oxygens (including phenoxy) is 2. The minimum absolute atomic E-state index is 0.00513. The summed E-state index contributed by atoms with van der Waals surface area (Å²) in [6, 6.07) is 0. The summed E-state index contributed by atoms with van der Waals surface area (Å²) in [6.45, 7) is 7.87. The van der Waals surface area contributed by atoms with E-state index in [1.54, 1.807) is 14.0 Å². The average molecular weight is 270 g/mol. The summed E-state index contributed by atoms with van der Waals surface area (Å²) in [5.74, 6) is 0.0461. The molecule has 2 atom stereocenters. The molecule has 108 valence electrons. The summed E-state index contributed by atoms with van der Waals surface area (Å²) in [6.07, 6.45) is 0.554. The molecule has 0 amide bonds. The second kappa shape index (κ2) is 7.23. The monoisotopic (exact) mass is 270 g/mol. The Morgan fingerprint density at radius 3 is 2.58 bits per heavy atom. The Hall–Kier alpha value is -1.43. The molecule has 1 aromatic rings. The van der Waals surface area contributed by atoms with E-state index in [1.807, 2.05) is 20.8 Å². The zero-order valence-corrected chi connectivity index (χ0v) is 12.2. The quantitative estimate of drug-likeness (QED) is 0.705. The molecule has 2 unspecified atom stereocenters. The van der Waals surface area contributed by atoms with Crippen molar-refractivity contribution in [2.45, 2.75) is 46.1 Å². The van der Waals surface area contributed by atoms with Crippen molar-refractivity contribution >= 4 is 5.97 Å². The van der Waals surface area contributed by atoms with Crippen LogP contribution in [0.2, 0.25) is 0 Å². The largest absolute Gasteiger partial charge is 0.465 e. The van der Waals surface area contributed by atoms with E-state index >= 15 is 0 Å². The van der Waals surface area contributed by atoms with Crippen LogP contribution < -0.4 is 0 Å². The van der Waals surface area contributed by atoms with Crippen molar-refractivity contribution in [3.63, 3.8) is 0 Å². The summed E-state index contributed by atoms with van der Waals surface area (Å²) in [4.78, 5) is 16.2. The van der Waals surface area contributed by atoms with Gasteiger partial charge in [0.1, 0.15) is 5.92 Å². The molecule has 0 aliphatic carbocycles. The number of carbonyl (C=O) groups is 1. The molecule has 6 nitrogen and oxygen atoms in total. The van der Waals surface area contributed by atoms with Crippen LogP contribution in [0.3, 0.4) is 0 Å². The van der Waals surface area contributed by atoms with E-state index in [-0.39, 0.29) is 18.0 Å². The molecule has 0 aliphatic rings. The number of methoxy groups -OCH3 is 1. The lowest BCUT2D eigenvalue weighted by atomic mass is 9.96. The Morgan fingerprint density at radius 2 is 2.05 bits per heavy atom. The molecule has 1 rings (SSSR count). The number of hydrogen-bond donors (Lipinski definition) is 0. The van der Waals surface area contributed by atoms with E-state index < -0.39 is 5.92 Å². The van der Waals surface area contributed by atoms with Gasteiger partial charge in [-0.15, -0.1) is 0 Å². The average Bonchev–Trinajstić information content (AvgIpc) is 2.77. The van der Waals surface area contributed by atoms with Gasteiger partial charge in [0.05, 0.1) is 12.7 Å². The van der Waals surface area contributed by atoms with Crippen LogP contribution in [0.15, 0.2) is 4.52 Å². The van der Waals surface area contributed by atoms with Gasteiger partial charge in [0, 0.05) is 13.5 Å². The van der Waals surface area contributed by atoms with Crippen molar-refractivity contribution in [1.82, 2.24) is 10.1 Å². The molecule has 0 radical (unpaired) electrons. The molecular weight excluding hydrogens is 248 g/mol. The Labute approximate surface area is 113 Å². The Kier molecular flexibility index (Phi) is 5.95. The molecule has 0 saturated carbocycles. The number of nitrogens with zero attached hydrogens (tertiary/aromatic N) is 2. The highest BCUT2D eigenvalue weighted by Gasteiger charge is 2.31. The number of carbonyl (C=O) groups excluding carboxylic acids is 1. The van der Waals surface area contributed by atoms with Crippen LogP contribution in [-0.2, 0) is 20.7 Å². The second-order valence-electron chi connectivity index (χ2n) is 4.77. The molecule has 0 bridgehead atoms. The minimum atomic E-state index is -0.515. The van der Waals surface area contributed by atoms with E-state index in [9.17, 15) is 4.79 Å². The van der Waals surface area contributed by atoms with Gasteiger partial charge >= 0.3 is 5.97 Å². The fraction of sp³-hybridized carbons (Fsp3) is 0.769. The summed E-state index contributed by atoms with van der Waals surface area (Å²) in [7, 11) is 1.63. The van der Waals surface area contributed by atoms with E-state index in [2.05, 4.69) is 10.1 Å². The van der Waals surface area contributed by atoms with Gasteiger partial charge in [0.25, 0.3) is 0 Å². The second-order valence-corrected chi connectivity index (χ2v) is 4.77. The number of rotatable bonds is 7. The highest BCUT2D eigenvalue weighted by molar-refractivity contribution is 5.77. The van der Waals surface area contributed by atoms with Crippen LogP contribution in [-0.4, -0.2) is 35.9 Å². The first-order valence-corrected chi connectivity index (χ1v) is 6.51. The molecule has 0 aromatic carbocycles. The van der Waals surface area contributed by atoms with Crippen molar-refractivity contribution in [2.75, 3.05) is 13.7 Å². The van der Waals surface area contributed by atoms with Crippen LogP contribution in [0.5, 0.6) is 0 Å². The topological polar surface area (TPSA) is 74.5 Å². The molecule has 0 N–H and O–H groups in total. The standard InChI is InChI=1S/C13H22N2O4/c1-6-18-13(16)11(8(2)3)12-14-10(15-19-12)7-9(4)17-5/h8-9,11H,6-7H2,1-5H3. The third kappa shape index (κ3) is 4.31. The number of esters is 1. The lowest BCUT2D eigenvalue weighted by molar-refractivity contribution is -0.146. The third-order valence-electron chi connectivity index (χ3n) is 2.83. The summed E-state index contributed by atoms with van der Waals surface area (Å²) in [5.41, 5.74) is 0. The summed E-state index contributed by atoms with van der Waals surface area (Å²) >= 11 is 0. The van der Waals surface area contributed by atoms with Crippen LogP contribution in [0.1, 0.15) is 45.3 Å². The van der Waals surface area contributed by atoms with Gasteiger partial charge in [0.15, 0.2) is 5.82 Å². The third-order valence-corrected chi connectivity index (χ3v) is 2.83. The fourth-order valence-corrected chi connectivity index (χ4v) is 1.71. The molecule has 0 spiro atoms. The van der Waals surface area contributed by atoms with Crippen LogP contribution in [0.25, 0.3) is 0 Å². The normalized spacial score (nSPS) is 14.4. The summed E-state index contributed by atoms with van der Waals surface area (Å²) in [5, 5.41) is 3.88. The van der Waals surface area contributed by atoms with Gasteiger partial charge in [0.2, 0.25) is 5.89 Å². The highest BCUT2D eigenvalue weighted by Crippen LogP contribution is 2.24. The predicted octanol–water partition coefficient (Wildman–Crippen LogP) is 1.95. The first-order chi connectivity index (χ1) is 8.99. The smallest absolute Gasteiger partial charge is 0.318 e. The Bertz CT molecular complexity index is 403. The number of aromatic nitrogens is 2. The molecule has 6 heteroatoms. The van der Waals surface area contributed by atoms with Gasteiger partial charge in [-0.05, 0) is 19.8 Å². The van der Waals surface area contributed by atoms with E-state index in [0.29, 0.717) is 24.7 Å². The molecular formula is C13H22N2O4. The van der Waals surface area contributed by atoms with Crippen LogP contribution in [0.4, 0.5) is 0 Å². The maximum Gasteiger partial charge on any atom is 0.318 e. The lowest BCUT2D eigenvalue weighted by Crippen LogP contribution is -2.21. The molecule has 0 aliphatic heterocycles. The maximum atomic E-state index is 11.9. The fourth-order valence-electron chi connectivity index (χ4n) is 1.71. The van der Waals surface area contributed by atoms with Gasteiger partial charge in [-0.1, -0.05) is 19.0 Å². The number of hydrogen-bond acceptors (Lipinski definition) is 6. The van der Waals surface area contributed by atoms with Crippen molar-refractivity contribution < 1.29 is 18.8 Å². The Balaban J connectivity index is 2.83. The minimum Gasteiger partial charge on any atom is -0.465 e. The Morgan fingerprint density at radius 1 is 1.37 bits per heavy atom. The SMILES string of the molecule is CCOC(=O)C(c1nc(CC(C)OC)no1)C(C)C. The maximum absolute atomic E-state index is 11.9. The lowest BCUT2D eigenvalue weighted by Gasteiger charge is -2.14. The van der Waals surface area contributed by atoms with Gasteiger partial charge in [-0.2, -0.15) is 4.98 Å². The van der Waals surface area contributed by atoms with E-state index in [0.717, 1.165) is 0 Å². The highest BCUT2D eigenvalue weighted by atomic mass is 16.5. The first-order valence-electron chi connectivity index (χ1n) is 6.51. The molecule has 0 saturated heterocycles. The van der Waals surface area contributed by atoms with Crippen molar-refractivity contribution in [1.29, 1.82) is 0 Å². The van der Waals surface area contributed by atoms with Gasteiger partial charge in [-0.25, -0.2) is 0 Å². The van der Waals surface area contributed by atoms with E-state index in [1.165, 1.54) is 0 Å². The molecule has 19 heavy (non-hydrogen) atoms. The molecule has 1 heterocycles. The van der Waals surface area contributed by atoms with Crippen molar-refractivity contribution in [2.24, 2.45) is 5.92 Å². The molecule has 1 aromatic heterocycles. The van der Waals surface area contributed by atoms with Crippen LogP contribution in [0, 0.1) is 5.92 Å². The van der Waals surface area contributed by atoms with Crippen LogP contribution >= 0.6 is 0 Å². The van der Waals surface area contributed by atoms with E-state index in [4.69, 9.17) is 14.0 Å². The summed E-state index contributed by atoms with van der Waals surface area (Å²) < 4.78 is 15.4. The zero-order chi connectivity index (χ0) is 14.4. The van der Waals surface area contributed by atoms with Crippen molar-refractivity contribution in [3.8, 4) is 0 Å². The van der Waals surface area contributed by atoms with Gasteiger partial charge in [-0.3, -0.25) is 4.79 Å². The predicted molar refractivity (Wildman–Crippen MR) is 68.7 cm³/mol. The van der Waals surface area contributed by atoms with Crippen molar-refractivity contribution in [3.05, 3.63) is 11.7 Å².